The molecule has 0 amide bonds. The van der Waals surface area contributed by atoms with Crippen molar-refractivity contribution in [2.45, 2.75) is 25.3 Å². The van der Waals surface area contributed by atoms with Crippen molar-refractivity contribution in [2.24, 2.45) is 0 Å². The lowest BCUT2D eigenvalue weighted by Crippen LogP contribution is -2.32. The Morgan fingerprint density at radius 2 is 2.07 bits per heavy atom. The summed E-state index contributed by atoms with van der Waals surface area (Å²) >= 11 is 9.49. The van der Waals surface area contributed by atoms with Gasteiger partial charge in [0.15, 0.2) is 0 Å². The predicted molar refractivity (Wildman–Crippen MR) is 109 cm³/mol. The second-order valence-corrected chi connectivity index (χ2v) is 9.14. The van der Waals surface area contributed by atoms with Gasteiger partial charge >= 0.3 is 0 Å². The molecule has 1 aliphatic rings. The molecule has 138 valence electrons. The molecule has 0 atom stereocenters. The van der Waals surface area contributed by atoms with E-state index in [9.17, 15) is 0 Å². The number of aromatic nitrogens is 3. The molecule has 0 radical (unpaired) electrons. The molecule has 0 aliphatic carbocycles. The lowest BCUT2D eigenvalue weighted by molar-refractivity contribution is 0.188. The molecule has 27 heavy (non-hydrogen) atoms. The van der Waals surface area contributed by atoms with Gasteiger partial charge in [-0.25, -0.2) is 4.98 Å². The molecule has 0 unspecified atom stereocenters. The summed E-state index contributed by atoms with van der Waals surface area (Å²) in [7, 11) is 0. The first-order valence-electron chi connectivity index (χ1n) is 8.89. The van der Waals surface area contributed by atoms with Gasteiger partial charge in [0.25, 0.3) is 5.89 Å². The topological polar surface area (TPSA) is 55.1 Å². The van der Waals surface area contributed by atoms with Crippen molar-refractivity contribution in [1.82, 2.24) is 20.1 Å². The first-order valence-corrected chi connectivity index (χ1v) is 11.0. The Balaban J connectivity index is 1.22. The number of benzene rings is 1. The van der Waals surface area contributed by atoms with E-state index >= 15 is 0 Å². The molecule has 1 aliphatic heterocycles. The molecule has 0 N–H and O–H groups in total. The molecule has 8 heteroatoms. The van der Waals surface area contributed by atoms with Crippen molar-refractivity contribution in [2.75, 3.05) is 13.1 Å². The van der Waals surface area contributed by atoms with E-state index in [2.05, 4.69) is 21.2 Å². The minimum absolute atomic E-state index is 0.516. The number of likely N-dealkylation sites (tertiary alicyclic amines) is 1. The third-order valence-electron chi connectivity index (χ3n) is 4.86. The van der Waals surface area contributed by atoms with Gasteiger partial charge in [0.2, 0.25) is 5.89 Å². The Hall–Kier alpha value is -1.80. The Labute approximate surface area is 169 Å². The summed E-state index contributed by atoms with van der Waals surface area (Å²) in [5, 5.41) is 12.4. The molecule has 5 rings (SSSR count). The summed E-state index contributed by atoms with van der Waals surface area (Å²) in [6.07, 6.45) is 2.19. The Morgan fingerprint density at radius 1 is 1.19 bits per heavy atom. The highest BCUT2D eigenvalue weighted by molar-refractivity contribution is 7.18. The van der Waals surface area contributed by atoms with Gasteiger partial charge in [-0.05, 0) is 55.6 Å². The van der Waals surface area contributed by atoms with Crippen molar-refractivity contribution >= 4 is 44.5 Å². The van der Waals surface area contributed by atoms with Crippen LogP contribution in [-0.2, 0) is 6.54 Å². The molecular weight excluding hydrogens is 400 g/mol. The van der Waals surface area contributed by atoms with Gasteiger partial charge < -0.3 is 4.42 Å². The quantitative estimate of drug-likeness (QED) is 0.443. The van der Waals surface area contributed by atoms with Crippen LogP contribution in [0.15, 0.2) is 40.1 Å². The van der Waals surface area contributed by atoms with Crippen LogP contribution >= 0.6 is 34.3 Å². The van der Waals surface area contributed by atoms with E-state index in [-0.39, 0.29) is 0 Å². The lowest BCUT2D eigenvalue weighted by Gasteiger charge is -2.29. The van der Waals surface area contributed by atoms with Crippen molar-refractivity contribution in [1.29, 1.82) is 0 Å². The van der Waals surface area contributed by atoms with Crippen molar-refractivity contribution in [3.63, 3.8) is 0 Å². The van der Waals surface area contributed by atoms with Crippen molar-refractivity contribution in [3.8, 4) is 10.8 Å². The van der Waals surface area contributed by atoms with Crippen LogP contribution in [0, 0.1) is 0 Å². The van der Waals surface area contributed by atoms with Gasteiger partial charge in [0, 0.05) is 10.9 Å². The number of thiophene rings is 1. The molecule has 1 aromatic carbocycles. The summed E-state index contributed by atoms with van der Waals surface area (Å²) in [6.45, 7) is 2.73. The molecule has 0 bridgehead atoms. The first-order chi connectivity index (χ1) is 13.2. The smallest absolute Gasteiger partial charge is 0.257 e. The largest absolute Gasteiger partial charge is 0.419 e. The third-order valence-corrected chi connectivity index (χ3v) is 7.15. The van der Waals surface area contributed by atoms with Gasteiger partial charge in [0.1, 0.15) is 0 Å². The molecule has 5 nitrogen and oxygen atoms in total. The highest BCUT2D eigenvalue weighted by Gasteiger charge is 2.24. The monoisotopic (exact) mass is 416 g/mol. The lowest BCUT2D eigenvalue weighted by atomic mass is 9.97. The van der Waals surface area contributed by atoms with E-state index in [1.165, 1.54) is 9.71 Å². The van der Waals surface area contributed by atoms with Crippen molar-refractivity contribution < 1.29 is 4.42 Å². The second kappa shape index (κ2) is 7.31. The van der Waals surface area contributed by atoms with Crippen LogP contribution < -0.4 is 0 Å². The van der Waals surface area contributed by atoms with E-state index in [4.69, 9.17) is 21.0 Å². The maximum atomic E-state index is 6.08. The fraction of sp³-hybridized carbons (Fsp3) is 0.316. The average molecular weight is 417 g/mol. The standard InChI is InChI=1S/C19H17ClN4OS2/c20-13-3-4-15-14(10-13)21-19(27-15)12-5-7-24(8-6-12)11-17-22-23-18(25-17)16-2-1-9-26-16/h1-4,9-10,12H,5-8,11H2. The zero-order valence-electron chi connectivity index (χ0n) is 14.5. The maximum Gasteiger partial charge on any atom is 0.257 e. The van der Waals surface area contributed by atoms with E-state index in [0.717, 1.165) is 41.3 Å². The summed E-state index contributed by atoms with van der Waals surface area (Å²) in [6, 6.07) is 9.94. The number of hydrogen-bond donors (Lipinski definition) is 0. The molecule has 0 spiro atoms. The highest BCUT2D eigenvalue weighted by Crippen LogP contribution is 2.35. The fourth-order valence-electron chi connectivity index (χ4n) is 3.44. The number of nitrogens with zero attached hydrogens (tertiary/aromatic N) is 4. The zero-order chi connectivity index (χ0) is 18.2. The first kappa shape index (κ1) is 17.3. The van der Waals surface area contributed by atoms with Crippen LogP contribution in [0.5, 0.6) is 0 Å². The van der Waals surface area contributed by atoms with Gasteiger partial charge in [0.05, 0.1) is 26.6 Å². The van der Waals surface area contributed by atoms with Crippen LogP contribution in [0.25, 0.3) is 21.0 Å². The number of piperidine rings is 1. The zero-order valence-corrected chi connectivity index (χ0v) is 16.9. The molecular formula is C19H17ClN4OS2. The van der Waals surface area contributed by atoms with Crippen LogP contribution in [0.3, 0.4) is 0 Å². The van der Waals surface area contributed by atoms with Crippen LogP contribution in [0.1, 0.15) is 29.7 Å². The van der Waals surface area contributed by atoms with Gasteiger partial charge in [-0.3, -0.25) is 4.90 Å². The summed E-state index contributed by atoms with van der Waals surface area (Å²) in [5.41, 5.74) is 1.01. The summed E-state index contributed by atoms with van der Waals surface area (Å²) in [5.74, 6) is 1.82. The van der Waals surface area contributed by atoms with Crippen LogP contribution in [0.2, 0.25) is 5.02 Å². The van der Waals surface area contributed by atoms with E-state index in [1.807, 2.05) is 29.6 Å². The SMILES string of the molecule is Clc1ccc2sc(C3CCN(Cc4nnc(-c5cccs5)o4)CC3)nc2c1. The summed E-state index contributed by atoms with van der Waals surface area (Å²) < 4.78 is 7.03. The Bertz CT molecular complexity index is 1050. The second-order valence-electron chi connectivity index (χ2n) is 6.69. The minimum atomic E-state index is 0.516. The summed E-state index contributed by atoms with van der Waals surface area (Å²) in [4.78, 5) is 8.21. The molecule has 3 aromatic heterocycles. The van der Waals surface area contributed by atoms with Gasteiger partial charge in [-0.15, -0.1) is 32.9 Å². The predicted octanol–water partition coefficient (Wildman–Crippen LogP) is 5.44. The highest BCUT2D eigenvalue weighted by atomic mass is 35.5. The fourth-order valence-corrected chi connectivity index (χ4v) is 5.37. The van der Waals surface area contributed by atoms with Crippen molar-refractivity contribution in [3.05, 3.63) is 51.6 Å². The molecule has 1 fully saturated rings. The normalized spacial score (nSPS) is 16.3. The average Bonchev–Trinajstić information content (AvgIpc) is 3.42. The van der Waals surface area contributed by atoms with E-state index < -0.39 is 0 Å². The van der Waals surface area contributed by atoms with E-state index in [1.54, 1.807) is 22.7 Å². The molecule has 4 heterocycles. The maximum absolute atomic E-state index is 6.08. The number of halogens is 1. The van der Waals surface area contributed by atoms with Gasteiger partial charge in [-0.1, -0.05) is 17.7 Å². The van der Waals surface area contributed by atoms with E-state index in [0.29, 0.717) is 24.2 Å². The third kappa shape index (κ3) is 3.65. The van der Waals surface area contributed by atoms with Gasteiger partial charge in [-0.2, -0.15) is 0 Å². The molecule has 1 saturated heterocycles. The van der Waals surface area contributed by atoms with Crippen LogP contribution in [-0.4, -0.2) is 33.2 Å². The Kier molecular flexibility index (Phi) is 4.69. The number of thiazole rings is 1. The number of rotatable bonds is 4. The minimum Gasteiger partial charge on any atom is -0.419 e. The number of hydrogen-bond acceptors (Lipinski definition) is 7. The van der Waals surface area contributed by atoms with Crippen LogP contribution in [0.4, 0.5) is 0 Å². The molecule has 4 aromatic rings. The molecule has 0 saturated carbocycles. The number of fused-ring (bicyclic) bond motifs is 1. The Morgan fingerprint density at radius 3 is 2.89 bits per heavy atom.